The Bertz CT molecular complexity index is 309. The summed E-state index contributed by atoms with van der Waals surface area (Å²) < 4.78 is 36.1. The van der Waals surface area contributed by atoms with Crippen molar-refractivity contribution in [2.24, 2.45) is 5.73 Å². The molecule has 0 aromatic carbocycles. The van der Waals surface area contributed by atoms with Gasteiger partial charge in [0, 0.05) is 13.6 Å². The van der Waals surface area contributed by atoms with E-state index in [9.17, 15) is 13.2 Å². The molecule has 0 bridgehead atoms. The Morgan fingerprint density at radius 1 is 1.33 bits per heavy atom. The topological polar surface area (TPSA) is 55.0 Å². The van der Waals surface area contributed by atoms with Crippen LogP contribution in [0.15, 0.2) is 12.1 Å². The standard InChI is InChI=1S/C8H11F3N4/c1-15(5-8(9,10)11)7-3-2-6(4-12)13-14-7/h2-3H,4-5,12H2,1H3. The Labute approximate surface area is 84.9 Å². The summed E-state index contributed by atoms with van der Waals surface area (Å²) in [6.07, 6.45) is -4.25. The maximum Gasteiger partial charge on any atom is 0.405 e. The van der Waals surface area contributed by atoms with Crippen molar-refractivity contribution in [1.29, 1.82) is 0 Å². The second-order valence-electron chi connectivity index (χ2n) is 3.06. The Morgan fingerprint density at radius 3 is 2.40 bits per heavy atom. The van der Waals surface area contributed by atoms with Crippen molar-refractivity contribution in [2.75, 3.05) is 18.5 Å². The molecule has 0 atom stereocenters. The lowest BCUT2D eigenvalue weighted by Crippen LogP contribution is -2.31. The molecule has 0 amide bonds. The average Bonchev–Trinajstić information content (AvgIpc) is 2.15. The number of anilines is 1. The quantitative estimate of drug-likeness (QED) is 0.823. The second-order valence-corrected chi connectivity index (χ2v) is 3.06. The van der Waals surface area contributed by atoms with Crippen molar-refractivity contribution in [3.8, 4) is 0 Å². The van der Waals surface area contributed by atoms with Gasteiger partial charge in [-0.05, 0) is 12.1 Å². The summed E-state index contributed by atoms with van der Waals surface area (Å²) in [6, 6.07) is 3.01. The van der Waals surface area contributed by atoms with Crippen molar-refractivity contribution >= 4 is 5.82 Å². The molecule has 0 saturated carbocycles. The van der Waals surface area contributed by atoms with E-state index in [1.54, 1.807) is 6.07 Å². The molecule has 84 valence electrons. The van der Waals surface area contributed by atoms with Gasteiger partial charge in [-0.2, -0.15) is 18.3 Å². The zero-order valence-electron chi connectivity index (χ0n) is 8.12. The van der Waals surface area contributed by atoms with Crippen LogP contribution >= 0.6 is 0 Å². The molecule has 7 heteroatoms. The molecule has 0 spiro atoms. The Kier molecular flexibility index (Phi) is 3.46. The lowest BCUT2D eigenvalue weighted by molar-refractivity contribution is -0.119. The van der Waals surface area contributed by atoms with Crippen molar-refractivity contribution in [3.63, 3.8) is 0 Å². The minimum Gasteiger partial charge on any atom is -0.349 e. The summed E-state index contributed by atoms with van der Waals surface area (Å²) in [6.45, 7) is -0.833. The van der Waals surface area contributed by atoms with E-state index in [2.05, 4.69) is 10.2 Å². The number of hydrogen-bond acceptors (Lipinski definition) is 4. The number of halogens is 3. The van der Waals surface area contributed by atoms with Crippen molar-refractivity contribution in [3.05, 3.63) is 17.8 Å². The van der Waals surface area contributed by atoms with Crippen LogP contribution in [0.5, 0.6) is 0 Å². The fourth-order valence-electron chi connectivity index (χ4n) is 1.02. The van der Waals surface area contributed by atoms with E-state index in [0.717, 1.165) is 4.90 Å². The third kappa shape index (κ3) is 3.70. The molecule has 1 rings (SSSR count). The lowest BCUT2D eigenvalue weighted by Gasteiger charge is -2.19. The summed E-state index contributed by atoms with van der Waals surface area (Å²) in [5.41, 5.74) is 5.82. The third-order valence-corrected chi connectivity index (χ3v) is 1.72. The lowest BCUT2D eigenvalue weighted by atomic mass is 10.4. The summed E-state index contributed by atoms with van der Waals surface area (Å²) in [7, 11) is 1.31. The van der Waals surface area contributed by atoms with E-state index < -0.39 is 12.7 Å². The molecule has 0 aliphatic rings. The molecule has 0 saturated heterocycles. The second kappa shape index (κ2) is 4.43. The van der Waals surface area contributed by atoms with Crippen LogP contribution in [0.4, 0.5) is 19.0 Å². The normalized spacial score (nSPS) is 11.5. The molecule has 1 heterocycles. The number of nitrogens with zero attached hydrogens (tertiary/aromatic N) is 3. The maximum absolute atomic E-state index is 12.0. The van der Waals surface area contributed by atoms with Gasteiger partial charge in [-0.3, -0.25) is 0 Å². The fourth-order valence-corrected chi connectivity index (χ4v) is 1.02. The predicted molar refractivity (Wildman–Crippen MR) is 49.2 cm³/mol. The van der Waals surface area contributed by atoms with Gasteiger partial charge in [-0.1, -0.05) is 0 Å². The molecule has 0 aliphatic heterocycles. The van der Waals surface area contributed by atoms with Gasteiger partial charge >= 0.3 is 6.18 Å². The molecule has 1 aromatic rings. The first kappa shape index (κ1) is 11.7. The van der Waals surface area contributed by atoms with Crippen LogP contribution in [0.1, 0.15) is 5.69 Å². The van der Waals surface area contributed by atoms with Gasteiger partial charge in [-0.25, -0.2) is 0 Å². The van der Waals surface area contributed by atoms with Crippen molar-refractivity contribution < 1.29 is 13.2 Å². The van der Waals surface area contributed by atoms with E-state index in [-0.39, 0.29) is 12.4 Å². The van der Waals surface area contributed by atoms with Crippen LogP contribution in [0.25, 0.3) is 0 Å². The van der Waals surface area contributed by atoms with E-state index in [0.29, 0.717) is 5.69 Å². The van der Waals surface area contributed by atoms with E-state index in [4.69, 9.17) is 5.73 Å². The fraction of sp³-hybridized carbons (Fsp3) is 0.500. The molecule has 0 aliphatic carbocycles. The van der Waals surface area contributed by atoms with Gasteiger partial charge in [0.05, 0.1) is 5.69 Å². The van der Waals surface area contributed by atoms with Gasteiger partial charge in [0.2, 0.25) is 0 Å². The van der Waals surface area contributed by atoms with Gasteiger partial charge in [0.25, 0.3) is 0 Å². The summed E-state index contributed by atoms with van der Waals surface area (Å²) in [5, 5.41) is 7.29. The van der Waals surface area contributed by atoms with Crippen molar-refractivity contribution in [2.45, 2.75) is 12.7 Å². The molecular weight excluding hydrogens is 209 g/mol. The SMILES string of the molecule is CN(CC(F)(F)F)c1ccc(CN)nn1. The van der Waals surface area contributed by atoms with E-state index in [1.165, 1.54) is 13.1 Å². The van der Waals surface area contributed by atoms with E-state index >= 15 is 0 Å². The number of alkyl halides is 3. The number of hydrogen-bond donors (Lipinski definition) is 1. The molecule has 2 N–H and O–H groups in total. The molecule has 4 nitrogen and oxygen atoms in total. The zero-order chi connectivity index (χ0) is 11.5. The highest BCUT2D eigenvalue weighted by Gasteiger charge is 2.29. The minimum absolute atomic E-state index is 0.171. The van der Waals surface area contributed by atoms with Gasteiger partial charge in [0.15, 0.2) is 5.82 Å². The van der Waals surface area contributed by atoms with E-state index in [1.807, 2.05) is 0 Å². The first-order valence-electron chi connectivity index (χ1n) is 4.23. The predicted octanol–water partition coefficient (Wildman–Crippen LogP) is 0.934. The zero-order valence-corrected chi connectivity index (χ0v) is 8.12. The molecule has 0 radical (unpaired) electrons. The average molecular weight is 220 g/mol. The summed E-state index contributed by atoms with van der Waals surface area (Å²) >= 11 is 0. The smallest absolute Gasteiger partial charge is 0.349 e. The van der Waals surface area contributed by atoms with Crippen LogP contribution < -0.4 is 10.6 Å². The van der Waals surface area contributed by atoms with Crippen LogP contribution in [0, 0.1) is 0 Å². The summed E-state index contributed by atoms with van der Waals surface area (Å²) in [4.78, 5) is 0.979. The Morgan fingerprint density at radius 2 is 2.00 bits per heavy atom. The highest BCUT2D eigenvalue weighted by atomic mass is 19.4. The van der Waals surface area contributed by atoms with Crippen molar-refractivity contribution in [1.82, 2.24) is 10.2 Å². The maximum atomic E-state index is 12.0. The first-order valence-corrected chi connectivity index (χ1v) is 4.23. The van der Waals surface area contributed by atoms with Gasteiger partial charge in [-0.15, -0.1) is 5.10 Å². The van der Waals surface area contributed by atoms with Crippen LogP contribution in [0.2, 0.25) is 0 Å². The minimum atomic E-state index is -4.25. The monoisotopic (exact) mass is 220 g/mol. The molecular formula is C8H11F3N4. The number of aromatic nitrogens is 2. The molecule has 0 unspecified atom stereocenters. The highest BCUT2D eigenvalue weighted by Crippen LogP contribution is 2.18. The summed E-state index contributed by atoms with van der Waals surface area (Å²) in [5.74, 6) is 0.171. The third-order valence-electron chi connectivity index (χ3n) is 1.72. The van der Waals surface area contributed by atoms with Crippen LogP contribution in [-0.2, 0) is 6.54 Å². The largest absolute Gasteiger partial charge is 0.405 e. The van der Waals surface area contributed by atoms with Crippen LogP contribution in [-0.4, -0.2) is 30.0 Å². The Hall–Kier alpha value is -1.37. The number of nitrogens with two attached hydrogens (primary N) is 1. The molecule has 1 aromatic heterocycles. The van der Waals surface area contributed by atoms with Crippen LogP contribution in [0.3, 0.4) is 0 Å². The number of rotatable bonds is 3. The van der Waals surface area contributed by atoms with Gasteiger partial charge < -0.3 is 10.6 Å². The molecule has 0 fully saturated rings. The highest BCUT2D eigenvalue weighted by molar-refractivity contribution is 5.36. The Balaban J connectivity index is 2.70. The van der Waals surface area contributed by atoms with Gasteiger partial charge in [0.1, 0.15) is 6.54 Å². The molecule has 15 heavy (non-hydrogen) atoms. The first-order chi connectivity index (χ1) is 6.92.